The molecule has 146 valence electrons. The lowest BCUT2D eigenvalue weighted by molar-refractivity contribution is 0.414. The van der Waals surface area contributed by atoms with Crippen LogP contribution in [0.4, 0.5) is 0 Å². The van der Waals surface area contributed by atoms with Crippen LogP contribution in [0.15, 0.2) is 58.4 Å². The second kappa shape index (κ2) is 10.1. The molecule has 2 rings (SSSR count). The van der Waals surface area contributed by atoms with Gasteiger partial charge in [0.05, 0.1) is 12.0 Å². The number of benzene rings is 2. The minimum Gasteiger partial charge on any atom is -0.497 e. The van der Waals surface area contributed by atoms with Gasteiger partial charge in [-0.3, -0.25) is 4.99 Å². The maximum absolute atomic E-state index is 12.2. The highest BCUT2D eigenvalue weighted by atomic mass is 35.5. The minimum absolute atomic E-state index is 0.135. The molecule has 0 radical (unpaired) electrons. The van der Waals surface area contributed by atoms with Crippen LogP contribution in [0.3, 0.4) is 0 Å². The first-order chi connectivity index (χ1) is 12.9. The van der Waals surface area contributed by atoms with E-state index < -0.39 is 10.0 Å². The Bertz CT molecular complexity index is 888. The summed E-state index contributed by atoms with van der Waals surface area (Å²) in [5.41, 5.74) is 1.04. The van der Waals surface area contributed by atoms with Crippen molar-refractivity contribution in [3.8, 4) is 5.75 Å². The standard InChI is InChI=1S/C18H23ClN4O3S/c1-20-18(22-13-14-5-3-7-16(11-14)26-2)21-9-10-23-27(24,25)17-8-4-6-15(19)12-17/h3-8,11-12,23H,9-10,13H2,1-2H3,(H2,20,21,22). The lowest BCUT2D eigenvalue weighted by Crippen LogP contribution is -2.41. The number of sulfonamides is 1. The van der Waals surface area contributed by atoms with E-state index in [1.54, 1.807) is 26.3 Å². The molecule has 0 saturated heterocycles. The molecule has 0 amide bonds. The fourth-order valence-electron chi connectivity index (χ4n) is 2.27. The summed E-state index contributed by atoms with van der Waals surface area (Å²) in [4.78, 5) is 4.25. The van der Waals surface area contributed by atoms with Crippen molar-refractivity contribution < 1.29 is 13.2 Å². The summed E-state index contributed by atoms with van der Waals surface area (Å²) >= 11 is 5.84. The molecule has 0 aliphatic heterocycles. The first kappa shape index (κ1) is 21.0. The molecule has 0 atom stereocenters. The summed E-state index contributed by atoms with van der Waals surface area (Å²) in [6.45, 7) is 1.14. The predicted molar refractivity (Wildman–Crippen MR) is 108 cm³/mol. The van der Waals surface area contributed by atoms with Gasteiger partial charge < -0.3 is 15.4 Å². The van der Waals surface area contributed by atoms with Crippen molar-refractivity contribution in [2.75, 3.05) is 27.2 Å². The van der Waals surface area contributed by atoms with Gasteiger partial charge in [0.25, 0.3) is 0 Å². The van der Waals surface area contributed by atoms with E-state index in [0.29, 0.717) is 24.1 Å². The van der Waals surface area contributed by atoms with Crippen molar-refractivity contribution in [2.45, 2.75) is 11.4 Å². The Hall–Kier alpha value is -2.29. The number of hydrogen-bond donors (Lipinski definition) is 3. The summed E-state index contributed by atoms with van der Waals surface area (Å²) in [6, 6.07) is 13.8. The Balaban J connectivity index is 1.79. The van der Waals surface area contributed by atoms with Gasteiger partial charge in [-0.25, -0.2) is 13.1 Å². The Morgan fingerprint density at radius 2 is 1.89 bits per heavy atom. The zero-order chi connectivity index (χ0) is 19.7. The van der Waals surface area contributed by atoms with Crippen LogP contribution >= 0.6 is 11.6 Å². The average molecular weight is 411 g/mol. The zero-order valence-corrected chi connectivity index (χ0v) is 16.8. The fourth-order valence-corrected chi connectivity index (χ4v) is 3.60. The average Bonchev–Trinajstić information content (AvgIpc) is 2.67. The summed E-state index contributed by atoms with van der Waals surface area (Å²) in [6.07, 6.45) is 0. The van der Waals surface area contributed by atoms with E-state index in [4.69, 9.17) is 16.3 Å². The van der Waals surface area contributed by atoms with Gasteiger partial charge in [0, 0.05) is 31.7 Å². The van der Waals surface area contributed by atoms with E-state index >= 15 is 0 Å². The monoisotopic (exact) mass is 410 g/mol. The van der Waals surface area contributed by atoms with Gasteiger partial charge in [-0.15, -0.1) is 0 Å². The van der Waals surface area contributed by atoms with Crippen LogP contribution in [0, 0.1) is 0 Å². The van der Waals surface area contributed by atoms with Crippen LogP contribution in [0.2, 0.25) is 5.02 Å². The molecule has 0 unspecified atom stereocenters. The largest absolute Gasteiger partial charge is 0.497 e. The van der Waals surface area contributed by atoms with Crippen LogP contribution in [0.1, 0.15) is 5.56 Å². The quantitative estimate of drug-likeness (QED) is 0.351. The van der Waals surface area contributed by atoms with Gasteiger partial charge in [-0.05, 0) is 35.9 Å². The zero-order valence-electron chi connectivity index (χ0n) is 15.2. The molecule has 2 aromatic rings. The van der Waals surface area contributed by atoms with E-state index in [1.807, 2.05) is 24.3 Å². The predicted octanol–water partition coefficient (Wildman–Crippen LogP) is 1.99. The van der Waals surface area contributed by atoms with Gasteiger partial charge >= 0.3 is 0 Å². The van der Waals surface area contributed by atoms with Crippen molar-refractivity contribution in [3.05, 3.63) is 59.1 Å². The number of methoxy groups -OCH3 is 1. The normalized spacial score (nSPS) is 11.9. The molecule has 0 saturated carbocycles. The van der Waals surface area contributed by atoms with Crippen molar-refractivity contribution in [1.29, 1.82) is 0 Å². The van der Waals surface area contributed by atoms with E-state index in [0.717, 1.165) is 11.3 Å². The minimum atomic E-state index is -3.60. The van der Waals surface area contributed by atoms with Crippen LogP contribution in [-0.2, 0) is 16.6 Å². The molecule has 3 N–H and O–H groups in total. The number of halogens is 1. The number of nitrogens with zero attached hydrogens (tertiary/aromatic N) is 1. The smallest absolute Gasteiger partial charge is 0.240 e. The van der Waals surface area contributed by atoms with Gasteiger partial charge in [0.2, 0.25) is 10.0 Å². The Labute approximate surface area is 164 Å². The Morgan fingerprint density at radius 1 is 1.11 bits per heavy atom. The summed E-state index contributed by atoms with van der Waals surface area (Å²) in [5.74, 6) is 1.35. The lowest BCUT2D eigenvalue weighted by Gasteiger charge is -2.13. The van der Waals surface area contributed by atoms with Crippen molar-refractivity contribution in [2.24, 2.45) is 4.99 Å². The van der Waals surface area contributed by atoms with E-state index in [2.05, 4.69) is 20.3 Å². The van der Waals surface area contributed by atoms with E-state index in [-0.39, 0.29) is 11.4 Å². The number of hydrogen-bond acceptors (Lipinski definition) is 4. The molecule has 0 aliphatic rings. The summed E-state index contributed by atoms with van der Waals surface area (Å²) in [5, 5.41) is 6.59. The molecular formula is C18H23ClN4O3S. The van der Waals surface area contributed by atoms with Gasteiger partial charge in [-0.1, -0.05) is 29.8 Å². The first-order valence-electron chi connectivity index (χ1n) is 8.27. The number of aliphatic imine (C=N–C) groups is 1. The summed E-state index contributed by atoms with van der Waals surface area (Å²) < 4.78 is 32.1. The highest BCUT2D eigenvalue weighted by Gasteiger charge is 2.13. The third kappa shape index (κ3) is 6.74. The van der Waals surface area contributed by atoms with Crippen molar-refractivity contribution in [3.63, 3.8) is 0 Å². The molecule has 2 aromatic carbocycles. The lowest BCUT2D eigenvalue weighted by atomic mass is 10.2. The molecule has 0 spiro atoms. The van der Waals surface area contributed by atoms with Gasteiger partial charge in [0.1, 0.15) is 5.75 Å². The SMILES string of the molecule is CN=C(NCCNS(=O)(=O)c1cccc(Cl)c1)NCc1cccc(OC)c1. The highest BCUT2D eigenvalue weighted by molar-refractivity contribution is 7.89. The van der Waals surface area contributed by atoms with Crippen LogP contribution in [0.5, 0.6) is 5.75 Å². The third-order valence-electron chi connectivity index (χ3n) is 3.63. The molecule has 0 aromatic heterocycles. The van der Waals surface area contributed by atoms with Gasteiger partial charge in [-0.2, -0.15) is 0 Å². The fraction of sp³-hybridized carbons (Fsp3) is 0.278. The topological polar surface area (TPSA) is 91.8 Å². The number of ether oxygens (including phenoxy) is 1. The van der Waals surface area contributed by atoms with Gasteiger partial charge in [0.15, 0.2) is 5.96 Å². The molecule has 0 heterocycles. The first-order valence-corrected chi connectivity index (χ1v) is 10.1. The summed E-state index contributed by atoms with van der Waals surface area (Å²) in [7, 11) is -0.327. The van der Waals surface area contributed by atoms with E-state index in [1.165, 1.54) is 12.1 Å². The number of nitrogens with one attached hydrogen (secondary N) is 3. The van der Waals surface area contributed by atoms with E-state index in [9.17, 15) is 8.42 Å². The molecule has 9 heteroatoms. The Morgan fingerprint density at radius 3 is 2.59 bits per heavy atom. The number of guanidine groups is 1. The van der Waals surface area contributed by atoms with Crippen LogP contribution in [0.25, 0.3) is 0 Å². The molecule has 0 aliphatic carbocycles. The molecule has 0 fully saturated rings. The number of rotatable bonds is 8. The maximum Gasteiger partial charge on any atom is 0.240 e. The maximum atomic E-state index is 12.2. The van der Waals surface area contributed by atoms with Crippen molar-refractivity contribution in [1.82, 2.24) is 15.4 Å². The molecule has 0 bridgehead atoms. The second-order valence-corrected chi connectivity index (χ2v) is 7.76. The molecular weight excluding hydrogens is 388 g/mol. The van der Waals surface area contributed by atoms with Crippen LogP contribution in [-0.4, -0.2) is 41.6 Å². The highest BCUT2D eigenvalue weighted by Crippen LogP contribution is 2.15. The molecule has 7 nitrogen and oxygen atoms in total. The van der Waals surface area contributed by atoms with Crippen LogP contribution < -0.4 is 20.1 Å². The molecule has 27 heavy (non-hydrogen) atoms. The third-order valence-corrected chi connectivity index (χ3v) is 5.33. The van der Waals surface area contributed by atoms with Crippen molar-refractivity contribution >= 4 is 27.6 Å². The Kier molecular flexibility index (Phi) is 7.90. The second-order valence-electron chi connectivity index (χ2n) is 5.56.